The van der Waals surface area contributed by atoms with Gasteiger partial charge in [0.2, 0.25) is 0 Å². The van der Waals surface area contributed by atoms with Crippen molar-refractivity contribution >= 4 is 7.82 Å². The van der Waals surface area contributed by atoms with Gasteiger partial charge in [-0.2, -0.15) is 0 Å². The fourth-order valence-electron chi connectivity index (χ4n) is 4.03. The van der Waals surface area contributed by atoms with Crippen molar-refractivity contribution in [2.24, 2.45) is 5.41 Å². The van der Waals surface area contributed by atoms with Crippen LogP contribution in [0.3, 0.4) is 0 Å². The summed E-state index contributed by atoms with van der Waals surface area (Å²) >= 11 is 0. The molecule has 184 valence electrons. The Hall–Kier alpha value is -0.830. The summed E-state index contributed by atoms with van der Waals surface area (Å²) in [6.45, 7) is 24.8. The average molecular weight is 467 g/mol. The third kappa shape index (κ3) is 6.39. The maximum absolute atomic E-state index is 13.7. The van der Waals surface area contributed by atoms with Crippen molar-refractivity contribution in [3.05, 3.63) is 28.8 Å². The molecule has 0 aromatic heterocycles. The predicted octanol–water partition coefficient (Wildman–Crippen LogP) is 8.70. The lowest BCUT2D eigenvalue weighted by Gasteiger charge is -2.39. The van der Waals surface area contributed by atoms with Crippen LogP contribution in [0.15, 0.2) is 12.1 Å². The molecule has 1 aromatic rings. The minimum absolute atomic E-state index is 0.0132. The van der Waals surface area contributed by atoms with Crippen molar-refractivity contribution < 1.29 is 18.1 Å². The fraction of sp³-hybridized carbons (Fsp3) is 0.778. The van der Waals surface area contributed by atoms with Crippen molar-refractivity contribution in [1.82, 2.24) is 0 Å². The molecule has 0 saturated carbocycles. The van der Waals surface area contributed by atoms with Crippen LogP contribution in [0.5, 0.6) is 5.75 Å². The van der Waals surface area contributed by atoms with Crippen LogP contribution in [0.2, 0.25) is 0 Å². The van der Waals surface area contributed by atoms with Gasteiger partial charge in [0.25, 0.3) is 0 Å². The van der Waals surface area contributed by atoms with Crippen LogP contribution >= 0.6 is 7.82 Å². The Bertz CT molecular complexity index is 790. The smallest absolute Gasteiger partial charge is 0.403 e. The highest BCUT2D eigenvalue weighted by Gasteiger charge is 2.44. The average Bonchev–Trinajstić information content (AvgIpc) is 2.65. The molecule has 0 atom stereocenters. The van der Waals surface area contributed by atoms with E-state index >= 15 is 0 Å². The standard InChI is InChI=1S/C27H47O4P/c1-12-14-15-27(13-2)18-29-32(28,30-19-27)31-23-21(25(6,7)8)16-20(24(3,4)5)17-22(23)26(9,10)11/h16-17H,12-15,18-19H2,1-11H3. The Morgan fingerprint density at radius 1 is 0.875 bits per heavy atom. The summed E-state index contributed by atoms with van der Waals surface area (Å²) in [7, 11) is -3.71. The molecule has 1 saturated heterocycles. The lowest BCUT2D eigenvalue weighted by Crippen LogP contribution is -2.36. The Labute approximate surface area is 197 Å². The molecule has 0 bridgehead atoms. The van der Waals surface area contributed by atoms with E-state index in [-0.39, 0.29) is 21.7 Å². The number of hydrogen-bond donors (Lipinski definition) is 0. The Morgan fingerprint density at radius 3 is 1.69 bits per heavy atom. The Morgan fingerprint density at radius 2 is 1.34 bits per heavy atom. The van der Waals surface area contributed by atoms with Crippen LogP contribution in [0.1, 0.15) is 119 Å². The summed E-state index contributed by atoms with van der Waals surface area (Å²) in [6, 6.07) is 4.41. The van der Waals surface area contributed by atoms with Gasteiger partial charge in [0.15, 0.2) is 0 Å². The number of phosphoric ester groups is 1. The molecule has 4 nitrogen and oxygen atoms in total. The zero-order chi connectivity index (χ0) is 24.6. The van der Waals surface area contributed by atoms with Crippen molar-refractivity contribution in [3.8, 4) is 5.75 Å². The first-order valence-corrected chi connectivity index (χ1v) is 13.7. The number of phosphoric acid groups is 1. The summed E-state index contributed by atoms with van der Waals surface area (Å²) in [5.74, 6) is 0.652. The quantitative estimate of drug-likeness (QED) is 0.393. The molecule has 5 heteroatoms. The van der Waals surface area contributed by atoms with Crippen LogP contribution < -0.4 is 4.52 Å². The fourth-order valence-corrected chi connectivity index (χ4v) is 5.49. The van der Waals surface area contributed by atoms with Gasteiger partial charge in [0, 0.05) is 16.5 Å². The minimum atomic E-state index is -3.71. The van der Waals surface area contributed by atoms with Gasteiger partial charge in [-0.05, 0) is 34.7 Å². The van der Waals surface area contributed by atoms with Crippen LogP contribution in [0.25, 0.3) is 0 Å². The molecular formula is C27H47O4P. The first kappa shape index (κ1) is 27.4. The lowest BCUT2D eigenvalue weighted by molar-refractivity contribution is -0.0118. The summed E-state index contributed by atoms with van der Waals surface area (Å²) in [6.07, 6.45) is 4.19. The van der Waals surface area contributed by atoms with Gasteiger partial charge in [0.1, 0.15) is 5.75 Å². The molecule has 1 heterocycles. The van der Waals surface area contributed by atoms with E-state index < -0.39 is 7.82 Å². The molecule has 0 spiro atoms. The van der Waals surface area contributed by atoms with E-state index in [4.69, 9.17) is 13.6 Å². The topological polar surface area (TPSA) is 44.8 Å². The first-order chi connectivity index (χ1) is 14.5. The molecule has 0 aliphatic carbocycles. The monoisotopic (exact) mass is 466 g/mol. The van der Waals surface area contributed by atoms with Crippen molar-refractivity contribution in [2.45, 2.75) is 118 Å². The molecule has 0 unspecified atom stereocenters. The second-order valence-corrected chi connectivity index (χ2v) is 14.3. The van der Waals surface area contributed by atoms with Gasteiger partial charge in [0.05, 0.1) is 13.2 Å². The summed E-state index contributed by atoms with van der Waals surface area (Å²) in [4.78, 5) is 0. The van der Waals surface area contributed by atoms with Crippen LogP contribution in [-0.2, 0) is 29.9 Å². The molecule has 1 aliphatic rings. The van der Waals surface area contributed by atoms with Gasteiger partial charge < -0.3 is 4.52 Å². The number of benzene rings is 1. The van der Waals surface area contributed by atoms with E-state index in [1.54, 1.807) is 0 Å². The van der Waals surface area contributed by atoms with E-state index in [0.29, 0.717) is 19.0 Å². The number of unbranched alkanes of at least 4 members (excludes halogenated alkanes) is 1. The molecule has 0 N–H and O–H groups in total. The van der Waals surface area contributed by atoms with Gasteiger partial charge in [-0.1, -0.05) is 101 Å². The predicted molar refractivity (Wildman–Crippen MR) is 135 cm³/mol. The zero-order valence-corrected chi connectivity index (χ0v) is 23.4. The van der Waals surface area contributed by atoms with E-state index in [1.807, 2.05) is 0 Å². The third-order valence-corrected chi connectivity index (χ3v) is 7.94. The second kappa shape index (κ2) is 9.43. The third-order valence-electron chi connectivity index (χ3n) is 6.64. The van der Waals surface area contributed by atoms with E-state index in [1.165, 1.54) is 5.56 Å². The lowest BCUT2D eigenvalue weighted by atomic mass is 9.75. The zero-order valence-electron chi connectivity index (χ0n) is 22.5. The second-order valence-electron chi connectivity index (χ2n) is 12.7. The number of rotatable bonds is 6. The van der Waals surface area contributed by atoms with Crippen LogP contribution in [0, 0.1) is 5.41 Å². The van der Waals surface area contributed by atoms with Crippen LogP contribution in [-0.4, -0.2) is 13.2 Å². The first-order valence-electron chi connectivity index (χ1n) is 12.2. The molecule has 1 aromatic carbocycles. The molecule has 0 radical (unpaired) electrons. The maximum atomic E-state index is 13.7. The molecule has 32 heavy (non-hydrogen) atoms. The normalized spacial score (nSPS) is 25.1. The highest BCUT2D eigenvalue weighted by molar-refractivity contribution is 7.49. The van der Waals surface area contributed by atoms with Crippen molar-refractivity contribution in [3.63, 3.8) is 0 Å². The van der Waals surface area contributed by atoms with E-state index in [0.717, 1.165) is 36.8 Å². The number of hydrogen-bond acceptors (Lipinski definition) is 4. The molecule has 0 amide bonds. The molecule has 2 rings (SSSR count). The van der Waals surface area contributed by atoms with E-state index in [2.05, 4.69) is 88.3 Å². The summed E-state index contributed by atoms with van der Waals surface area (Å²) in [5, 5.41) is 0. The largest absolute Gasteiger partial charge is 0.530 e. The maximum Gasteiger partial charge on any atom is 0.530 e. The Kier molecular flexibility index (Phi) is 8.08. The van der Waals surface area contributed by atoms with E-state index in [9.17, 15) is 4.57 Å². The van der Waals surface area contributed by atoms with Crippen molar-refractivity contribution in [2.75, 3.05) is 13.2 Å². The molecule has 1 aliphatic heterocycles. The summed E-state index contributed by atoms with van der Waals surface area (Å²) < 4.78 is 31.8. The molecular weight excluding hydrogens is 419 g/mol. The van der Waals surface area contributed by atoms with Crippen molar-refractivity contribution in [1.29, 1.82) is 0 Å². The van der Waals surface area contributed by atoms with Gasteiger partial charge in [-0.25, -0.2) is 4.57 Å². The van der Waals surface area contributed by atoms with Gasteiger partial charge >= 0.3 is 7.82 Å². The summed E-state index contributed by atoms with van der Waals surface area (Å²) in [5.41, 5.74) is 2.84. The highest BCUT2D eigenvalue weighted by atomic mass is 31.2. The van der Waals surface area contributed by atoms with Crippen LogP contribution in [0.4, 0.5) is 0 Å². The minimum Gasteiger partial charge on any atom is -0.403 e. The Balaban J connectivity index is 2.52. The SMILES string of the molecule is CCCCC1(CC)COP(=O)(Oc2c(C(C)(C)C)cc(C(C)(C)C)cc2C(C)(C)C)OC1. The van der Waals surface area contributed by atoms with Gasteiger partial charge in [-0.15, -0.1) is 0 Å². The molecule has 1 fully saturated rings. The van der Waals surface area contributed by atoms with Gasteiger partial charge in [-0.3, -0.25) is 9.05 Å². The highest BCUT2D eigenvalue weighted by Crippen LogP contribution is 2.58.